The third-order valence-corrected chi connectivity index (χ3v) is 5.92. The van der Waals surface area contributed by atoms with Crippen LogP contribution >= 0.6 is 0 Å². The van der Waals surface area contributed by atoms with Gasteiger partial charge in [-0.3, -0.25) is 9.59 Å². The van der Waals surface area contributed by atoms with E-state index in [-0.39, 0.29) is 30.0 Å². The lowest BCUT2D eigenvalue weighted by molar-refractivity contribution is -0.155. The van der Waals surface area contributed by atoms with Crippen molar-refractivity contribution in [1.82, 2.24) is 5.32 Å². The smallest absolute Gasteiger partial charge is 0.310 e. The maximum Gasteiger partial charge on any atom is 0.310 e. The van der Waals surface area contributed by atoms with Crippen molar-refractivity contribution in [1.29, 1.82) is 0 Å². The predicted octanol–water partition coefficient (Wildman–Crippen LogP) is 2.40. The van der Waals surface area contributed by atoms with Crippen molar-refractivity contribution in [2.24, 2.45) is 0 Å². The summed E-state index contributed by atoms with van der Waals surface area (Å²) in [6.07, 6.45) is 4.62. The summed E-state index contributed by atoms with van der Waals surface area (Å²) in [5.41, 5.74) is 2.17. The van der Waals surface area contributed by atoms with Crippen LogP contribution in [0.1, 0.15) is 44.2 Å². The molecule has 1 spiro atoms. The second-order valence-electron chi connectivity index (χ2n) is 7.95. The van der Waals surface area contributed by atoms with Crippen LogP contribution in [0.5, 0.6) is 11.5 Å². The Morgan fingerprint density at radius 2 is 2.21 bits per heavy atom. The van der Waals surface area contributed by atoms with Gasteiger partial charge in [0.1, 0.15) is 18.3 Å². The van der Waals surface area contributed by atoms with Crippen LogP contribution in [0.3, 0.4) is 0 Å². The van der Waals surface area contributed by atoms with Crippen LogP contribution in [-0.4, -0.2) is 43.9 Å². The van der Waals surface area contributed by atoms with Gasteiger partial charge in [0.2, 0.25) is 0 Å². The van der Waals surface area contributed by atoms with Gasteiger partial charge in [0.05, 0.1) is 18.9 Å². The minimum Gasteiger partial charge on any atom is -0.493 e. The molecule has 7 heteroatoms. The fraction of sp³-hybridized carbons (Fsp3) is 0.545. The van der Waals surface area contributed by atoms with E-state index in [4.69, 9.17) is 18.9 Å². The van der Waals surface area contributed by atoms with Crippen LogP contribution in [0.25, 0.3) is 0 Å². The van der Waals surface area contributed by atoms with Crippen LogP contribution in [0, 0.1) is 0 Å². The van der Waals surface area contributed by atoms with Crippen molar-refractivity contribution >= 4 is 11.9 Å². The van der Waals surface area contributed by atoms with Gasteiger partial charge in [-0.15, -0.1) is 0 Å². The van der Waals surface area contributed by atoms with E-state index in [1.165, 1.54) is 18.1 Å². The minimum atomic E-state index is -0.509. The van der Waals surface area contributed by atoms with Gasteiger partial charge in [0.25, 0.3) is 0 Å². The molecule has 0 saturated carbocycles. The molecule has 1 aromatic rings. The highest BCUT2D eigenvalue weighted by atomic mass is 16.6. The van der Waals surface area contributed by atoms with Gasteiger partial charge in [0.15, 0.2) is 11.5 Å². The van der Waals surface area contributed by atoms with Gasteiger partial charge in [-0.2, -0.15) is 0 Å². The molecule has 29 heavy (non-hydrogen) atoms. The lowest BCUT2D eigenvalue weighted by Crippen LogP contribution is -2.43. The number of ether oxygens (including phenoxy) is 4. The zero-order valence-electron chi connectivity index (χ0n) is 17.0. The van der Waals surface area contributed by atoms with Crippen molar-refractivity contribution < 1.29 is 28.5 Å². The molecule has 0 fully saturated rings. The molecule has 4 rings (SSSR count). The molecule has 1 aromatic carbocycles. The number of benzene rings is 1. The first-order valence-corrected chi connectivity index (χ1v) is 10.1. The molecule has 3 aliphatic rings. The standard InChI is InChI=1S/C22H27NO6/c1-13(27-14(2)24)10-19(25)28-16-6-7-22-8-9-23-12-15-4-5-17(26-3)21(20(15)22)29-18(22)11-16/h4-7,13,16,18,23H,8-12H2,1-3H3/t13?,16-,18-,22-/m0/s1. The highest BCUT2D eigenvalue weighted by Gasteiger charge is 2.52. The monoisotopic (exact) mass is 401 g/mol. The molecule has 7 nitrogen and oxygen atoms in total. The van der Waals surface area contributed by atoms with Gasteiger partial charge in [0, 0.05) is 25.5 Å². The number of methoxy groups -OCH3 is 1. The van der Waals surface area contributed by atoms with Crippen molar-refractivity contribution in [3.8, 4) is 11.5 Å². The van der Waals surface area contributed by atoms with Crippen LogP contribution in [0.4, 0.5) is 0 Å². The van der Waals surface area contributed by atoms with Gasteiger partial charge < -0.3 is 24.3 Å². The van der Waals surface area contributed by atoms with E-state index >= 15 is 0 Å². The van der Waals surface area contributed by atoms with Crippen LogP contribution in [0.15, 0.2) is 24.3 Å². The van der Waals surface area contributed by atoms with Crippen molar-refractivity contribution in [2.45, 2.75) is 63.4 Å². The molecule has 1 N–H and O–H groups in total. The summed E-state index contributed by atoms with van der Waals surface area (Å²) >= 11 is 0. The van der Waals surface area contributed by atoms with E-state index in [0.717, 1.165) is 31.0 Å². The predicted molar refractivity (Wildman–Crippen MR) is 105 cm³/mol. The lowest BCUT2D eigenvalue weighted by atomic mass is 9.69. The molecule has 156 valence electrons. The SMILES string of the molecule is COc1ccc2c3c1O[C@H]1C[C@@H](OC(=O)CC(C)OC(C)=O)C=C[C@@]31CCNC2. The first-order valence-electron chi connectivity index (χ1n) is 10.1. The Morgan fingerprint density at radius 3 is 2.97 bits per heavy atom. The zero-order chi connectivity index (χ0) is 20.6. The van der Waals surface area contributed by atoms with Crippen LogP contribution in [0.2, 0.25) is 0 Å². The van der Waals surface area contributed by atoms with Crippen molar-refractivity contribution in [3.63, 3.8) is 0 Å². The van der Waals surface area contributed by atoms with Gasteiger partial charge in [-0.25, -0.2) is 0 Å². The van der Waals surface area contributed by atoms with E-state index in [2.05, 4.69) is 17.5 Å². The van der Waals surface area contributed by atoms with Crippen molar-refractivity contribution in [3.05, 3.63) is 35.4 Å². The number of carbonyl (C=O) groups excluding carboxylic acids is 2. The number of hydrogen-bond donors (Lipinski definition) is 1. The Bertz CT molecular complexity index is 850. The maximum absolute atomic E-state index is 12.3. The quantitative estimate of drug-likeness (QED) is 0.599. The minimum absolute atomic E-state index is 0.0305. The van der Waals surface area contributed by atoms with E-state index < -0.39 is 12.1 Å². The van der Waals surface area contributed by atoms with Crippen molar-refractivity contribution in [2.75, 3.05) is 13.7 Å². The largest absolute Gasteiger partial charge is 0.493 e. The second-order valence-corrected chi connectivity index (χ2v) is 7.95. The van der Waals surface area contributed by atoms with E-state index in [0.29, 0.717) is 6.42 Å². The molecular weight excluding hydrogens is 374 g/mol. The molecule has 0 radical (unpaired) electrons. The third-order valence-electron chi connectivity index (χ3n) is 5.92. The molecule has 0 aromatic heterocycles. The topological polar surface area (TPSA) is 83.1 Å². The maximum atomic E-state index is 12.3. The second kappa shape index (κ2) is 7.71. The number of rotatable bonds is 5. The number of carbonyl (C=O) groups is 2. The molecular formula is C22H27NO6. The molecule has 4 atom stereocenters. The first-order chi connectivity index (χ1) is 13.9. The van der Waals surface area contributed by atoms with Crippen LogP contribution in [-0.2, 0) is 31.0 Å². The number of nitrogens with one attached hydrogen (secondary N) is 1. The Morgan fingerprint density at radius 1 is 1.38 bits per heavy atom. The number of hydrogen-bond acceptors (Lipinski definition) is 7. The molecule has 0 bridgehead atoms. The van der Waals surface area contributed by atoms with Gasteiger partial charge >= 0.3 is 11.9 Å². The molecule has 2 heterocycles. The van der Waals surface area contributed by atoms with Gasteiger partial charge in [-0.05, 0) is 37.6 Å². The summed E-state index contributed by atoms with van der Waals surface area (Å²) in [7, 11) is 1.65. The number of esters is 2. The van der Waals surface area contributed by atoms with E-state index in [1.54, 1.807) is 14.0 Å². The molecule has 1 unspecified atom stereocenters. The Balaban J connectivity index is 1.54. The van der Waals surface area contributed by atoms with E-state index in [9.17, 15) is 9.59 Å². The summed E-state index contributed by atoms with van der Waals surface area (Å²) in [5, 5.41) is 3.48. The summed E-state index contributed by atoms with van der Waals surface area (Å²) < 4.78 is 22.6. The summed E-state index contributed by atoms with van der Waals surface area (Å²) in [6.45, 7) is 4.68. The average molecular weight is 401 g/mol. The molecule has 0 amide bonds. The normalized spacial score (nSPS) is 27.7. The summed E-state index contributed by atoms with van der Waals surface area (Å²) in [4.78, 5) is 23.3. The highest BCUT2D eigenvalue weighted by Crippen LogP contribution is 2.55. The lowest BCUT2D eigenvalue weighted by Gasteiger charge is -2.36. The Kier molecular flexibility index (Phi) is 5.25. The average Bonchev–Trinajstić information content (AvgIpc) is 2.87. The first kappa shape index (κ1) is 19.8. The zero-order valence-corrected chi connectivity index (χ0v) is 17.0. The van der Waals surface area contributed by atoms with E-state index in [1.807, 2.05) is 12.1 Å². The van der Waals surface area contributed by atoms with Gasteiger partial charge in [-0.1, -0.05) is 12.1 Å². The summed E-state index contributed by atoms with van der Waals surface area (Å²) in [6, 6.07) is 4.05. The molecule has 2 aliphatic heterocycles. The Hall–Kier alpha value is -2.54. The third kappa shape index (κ3) is 3.59. The Labute approximate surface area is 170 Å². The fourth-order valence-corrected chi connectivity index (χ4v) is 4.72. The van der Waals surface area contributed by atoms with Crippen LogP contribution < -0.4 is 14.8 Å². The summed E-state index contributed by atoms with van der Waals surface area (Å²) in [5.74, 6) is 0.740. The molecule has 0 saturated heterocycles. The fourth-order valence-electron chi connectivity index (χ4n) is 4.72. The highest BCUT2D eigenvalue weighted by molar-refractivity contribution is 5.72. The molecule has 1 aliphatic carbocycles.